The molecule has 0 saturated heterocycles. The average molecular weight is 538 g/mol. The Kier molecular flexibility index (Phi) is 9.69. The highest BCUT2D eigenvalue weighted by Gasteiger charge is 2.33. The van der Waals surface area contributed by atoms with Crippen LogP contribution in [0.2, 0.25) is 0 Å². The fourth-order valence-corrected chi connectivity index (χ4v) is 4.08. The predicted octanol–water partition coefficient (Wildman–Crippen LogP) is 5.84. The number of hydrogen-bond donors (Lipinski definition) is 0. The van der Waals surface area contributed by atoms with Crippen LogP contribution in [0.3, 0.4) is 0 Å². The molecule has 41 heavy (non-hydrogen) atoms. The standard InChI is InChI=1S/C27H17N5O3.C6H6/c1-16(33)35-27(34)18-6-9-22-23(11-18)26(20(14-30)15-31)24(25(22)19(12-28)13-29)10-17-4-7-21(8-5-17)32(2)3;1-2-4-6-5-3-1/h4-11H,1-3H3;1-6H/b24-10+;. The molecule has 1 aliphatic rings. The van der Waals surface area contributed by atoms with E-state index in [0.717, 1.165) is 12.6 Å². The molecule has 0 spiro atoms. The van der Waals surface area contributed by atoms with E-state index < -0.39 is 11.9 Å². The van der Waals surface area contributed by atoms with Gasteiger partial charge in [0.05, 0.1) is 5.56 Å². The maximum Gasteiger partial charge on any atom is 0.345 e. The molecule has 3 aromatic rings. The summed E-state index contributed by atoms with van der Waals surface area (Å²) in [5.41, 5.74) is 2.64. The van der Waals surface area contributed by atoms with Crippen LogP contribution in [0.25, 0.3) is 17.2 Å². The van der Waals surface area contributed by atoms with Gasteiger partial charge in [-0.15, -0.1) is 0 Å². The predicted molar refractivity (Wildman–Crippen MR) is 154 cm³/mol. The van der Waals surface area contributed by atoms with Gasteiger partial charge in [-0.05, 0) is 52.6 Å². The van der Waals surface area contributed by atoms with E-state index in [1.54, 1.807) is 6.08 Å². The summed E-state index contributed by atoms with van der Waals surface area (Å²) in [6, 6.07) is 31.2. The molecule has 0 bridgehead atoms. The molecular weight excluding hydrogens is 514 g/mol. The Hall–Kier alpha value is -6.22. The highest BCUT2D eigenvalue weighted by Crippen LogP contribution is 2.49. The first-order valence-electron chi connectivity index (χ1n) is 12.2. The molecule has 0 aromatic heterocycles. The molecule has 0 amide bonds. The molecule has 4 rings (SSSR count). The molecule has 0 aliphatic heterocycles. The first kappa shape index (κ1) is 29.3. The van der Waals surface area contributed by atoms with Gasteiger partial charge in [0.2, 0.25) is 0 Å². The highest BCUT2D eigenvalue weighted by atomic mass is 16.6. The van der Waals surface area contributed by atoms with E-state index in [4.69, 9.17) is 0 Å². The van der Waals surface area contributed by atoms with Crippen molar-refractivity contribution >= 4 is 34.8 Å². The molecule has 0 atom stereocenters. The van der Waals surface area contributed by atoms with Crippen molar-refractivity contribution in [2.24, 2.45) is 0 Å². The lowest BCUT2D eigenvalue weighted by atomic mass is 9.94. The molecule has 198 valence electrons. The normalized spacial score (nSPS) is 11.8. The molecule has 0 unspecified atom stereocenters. The minimum Gasteiger partial charge on any atom is -0.390 e. The van der Waals surface area contributed by atoms with Gasteiger partial charge in [-0.1, -0.05) is 54.6 Å². The summed E-state index contributed by atoms with van der Waals surface area (Å²) in [5.74, 6) is -1.70. The van der Waals surface area contributed by atoms with Gasteiger partial charge in [0.1, 0.15) is 35.4 Å². The van der Waals surface area contributed by atoms with Crippen molar-refractivity contribution in [2.45, 2.75) is 6.92 Å². The Morgan fingerprint density at radius 1 is 0.732 bits per heavy atom. The van der Waals surface area contributed by atoms with E-state index in [1.165, 1.54) is 18.2 Å². The first-order chi connectivity index (χ1) is 19.7. The van der Waals surface area contributed by atoms with Crippen molar-refractivity contribution < 1.29 is 14.3 Å². The van der Waals surface area contributed by atoms with Gasteiger partial charge in [0.25, 0.3) is 0 Å². The summed E-state index contributed by atoms with van der Waals surface area (Å²) >= 11 is 0. The van der Waals surface area contributed by atoms with E-state index in [0.29, 0.717) is 22.3 Å². The Morgan fingerprint density at radius 3 is 1.66 bits per heavy atom. The van der Waals surface area contributed by atoms with Crippen molar-refractivity contribution in [3.63, 3.8) is 0 Å². The van der Waals surface area contributed by atoms with E-state index >= 15 is 0 Å². The summed E-state index contributed by atoms with van der Waals surface area (Å²) in [7, 11) is 3.80. The average Bonchev–Trinajstić information content (AvgIpc) is 3.28. The van der Waals surface area contributed by atoms with Gasteiger partial charge < -0.3 is 9.64 Å². The third-order valence-electron chi connectivity index (χ3n) is 5.90. The topological polar surface area (TPSA) is 142 Å². The first-order valence-corrected chi connectivity index (χ1v) is 12.2. The van der Waals surface area contributed by atoms with Crippen molar-refractivity contribution in [1.82, 2.24) is 0 Å². The van der Waals surface area contributed by atoms with E-state index in [2.05, 4.69) is 4.74 Å². The van der Waals surface area contributed by atoms with Crippen molar-refractivity contribution in [2.75, 3.05) is 19.0 Å². The van der Waals surface area contributed by atoms with E-state index in [9.17, 15) is 30.6 Å². The molecule has 0 N–H and O–H groups in total. The van der Waals surface area contributed by atoms with Crippen LogP contribution in [0, 0.1) is 45.3 Å². The minimum atomic E-state index is -0.905. The van der Waals surface area contributed by atoms with Gasteiger partial charge in [0, 0.05) is 37.9 Å². The molecule has 0 heterocycles. The molecular formula is C33H23N5O3. The van der Waals surface area contributed by atoms with Crippen molar-refractivity contribution in [3.8, 4) is 24.3 Å². The number of carbonyl (C=O) groups excluding carboxylic acids is 2. The van der Waals surface area contributed by atoms with Crippen LogP contribution >= 0.6 is 0 Å². The Labute approximate surface area is 238 Å². The zero-order chi connectivity index (χ0) is 29.9. The Bertz CT molecular complexity index is 1690. The largest absolute Gasteiger partial charge is 0.390 e. The number of hydrogen-bond acceptors (Lipinski definition) is 8. The number of benzene rings is 3. The van der Waals surface area contributed by atoms with Crippen LogP contribution in [0.4, 0.5) is 5.69 Å². The number of fused-ring (bicyclic) bond motifs is 1. The zero-order valence-electron chi connectivity index (χ0n) is 22.5. The summed E-state index contributed by atoms with van der Waals surface area (Å²) in [5, 5.41) is 38.7. The molecule has 8 nitrogen and oxygen atoms in total. The van der Waals surface area contributed by atoms with Gasteiger partial charge in [0.15, 0.2) is 0 Å². The smallest absolute Gasteiger partial charge is 0.345 e. The second kappa shape index (κ2) is 13.5. The van der Waals surface area contributed by atoms with Gasteiger partial charge in [-0.25, -0.2) is 4.79 Å². The maximum absolute atomic E-state index is 12.3. The number of nitrogens with zero attached hydrogens (tertiary/aromatic N) is 5. The van der Waals surface area contributed by atoms with Crippen LogP contribution in [0.15, 0.2) is 95.6 Å². The molecule has 0 fully saturated rings. The summed E-state index contributed by atoms with van der Waals surface area (Å²) in [4.78, 5) is 25.5. The maximum atomic E-state index is 12.3. The van der Waals surface area contributed by atoms with Crippen LogP contribution in [0.5, 0.6) is 0 Å². The molecule has 8 heteroatoms. The van der Waals surface area contributed by atoms with E-state index in [-0.39, 0.29) is 27.9 Å². The van der Waals surface area contributed by atoms with Crippen LogP contribution < -0.4 is 4.90 Å². The molecule has 0 saturated carbocycles. The Balaban J connectivity index is 0.000000681. The van der Waals surface area contributed by atoms with E-state index in [1.807, 2.05) is 104 Å². The lowest BCUT2D eigenvalue weighted by molar-refractivity contribution is -0.135. The van der Waals surface area contributed by atoms with Crippen molar-refractivity contribution in [1.29, 1.82) is 21.0 Å². The SMILES string of the molecule is CC(=O)OC(=O)c1ccc2c(c1)C(=C(C#N)C#N)/C(=C/c1ccc(N(C)C)cc1)C2=C(C#N)C#N.c1ccccc1. The van der Waals surface area contributed by atoms with Gasteiger partial charge >= 0.3 is 11.9 Å². The number of ether oxygens (including phenoxy) is 1. The molecule has 0 radical (unpaired) electrons. The number of rotatable bonds is 3. The van der Waals surface area contributed by atoms with Crippen LogP contribution in [-0.4, -0.2) is 26.0 Å². The molecule has 3 aromatic carbocycles. The summed E-state index contributed by atoms with van der Waals surface area (Å²) < 4.78 is 4.65. The van der Waals surface area contributed by atoms with Crippen molar-refractivity contribution in [3.05, 3.63) is 118 Å². The fraction of sp³-hybridized carbons (Fsp3) is 0.0909. The Morgan fingerprint density at radius 2 is 1.22 bits per heavy atom. The zero-order valence-corrected chi connectivity index (χ0v) is 22.5. The highest BCUT2D eigenvalue weighted by molar-refractivity contribution is 6.15. The second-order valence-electron chi connectivity index (χ2n) is 8.79. The molecule has 1 aliphatic carbocycles. The van der Waals surface area contributed by atoms with Crippen LogP contribution in [0.1, 0.15) is 34.0 Å². The summed E-state index contributed by atoms with van der Waals surface area (Å²) in [6.45, 7) is 1.09. The quantitative estimate of drug-likeness (QED) is 0.230. The number of allylic oxidation sites excluding steroid dienone is 5. The number of carbonyl (C=O) groups is 2. The number of esters is 2. The summed E-state index contributed by atoms with van der Waals surface area (Å²) in [6.07, 6.45) is 1.68. The second-order valence-corrected chi connectivity index (χ2v) is 8.79. The number of nitriles is 4. The number of anilines is 1. The van der Waals surface area contributed by atoms with Gasteiger partial charge in [-0.2, -0.15) is 21.0 Å². The minimum absolute atomic E-state index is 0.0121. The lowest BCUT2D eigenvalue weighted by Crippen LogP contribution is -2.09. The fourth-order valence-electron chi connectivity index (χ4n) is 4.08. The van der Waals surface area contributed by atoms with Gasteiger partial charge in [-0.3, -0.25) is 4.79 Å². The van der Waals surface area contributed by atoms with Crippen LogP contribution in [-0.2, 0) is 9.53 Å². The monoisotopic (exact) mass is 537 g/mol. The third kappa shape index (κ3) is 6.81. The lowest BCUT2D eigenvalue weighted by Gasteiger charge is -2.12. The third-order valence-corrected chi connectivity index (χ3v) is 5.90.